The lowest BCUT2D eigenvalue weighted by Gasteiger charge is -2.19. The molecule has 1 aliphatic rings. The zero-order valence-corrected chi connectivity index (χ0v) is 19.8. The van der Waals surface area contributed by atoms with Gasteiger partial charge in [-0.2, -0.15) is 0 Å². The van der Waals surface area contributed by atoms with Crippen LogP contribution in [0.25, 0.3) is 10.8 Å². The molecule has 3 aromatic carbocycles. The molecule has 0 saturated heterocycles. The Labute approximate surface area is 206 Å². The number of carbonyl (C=O) groups excluding carboxylic acids is 2. The maximum atomic E-state index is 13.0. The third-order valence-corrected chi connectivity index (χ3v) is 5.78. The van der Waals surface area contributed by atoms with Crippen molar-refractivity contribution >= 4 is 28.3 Å². The van der Waals surface area contributed by atoms with Crippen LogP contribution in [0.15, 0.2) is 59.1 Å². The van der Waals surface area contributed by atoms with Crippen molar-refractivity contribution in [3.8, 4) is 17.2 Å². The number of nitrogens with zero attached hydrogens (tertiary/aromatic N) is 1. The van der Waals surface area contributed by atoms with E-state index in [1.165, 1.54) is 0 Å². The lowest BCUT2D eigenvalue weighted by Crippen LogP contribution is -2.21. The molecule has 0 spiro atoms. The average molecular weight is 488 g/mol. The summed E-state index contributed by atoms with van der Waals surface area (Å²) in [4.78, 5) is 25.5. The molecule has 1 amide bonds. The molecule has 36 heavy (non-hydrogen) atoms. The van der Waals surface area contributed by atoms with Crippen LogP contribution < -0.4 is 19.5 Å². The van der Waals surface area contributed by atoms with E-state index in [1.807, 2.05) is 31.2 Å². The van der Waals surface area contributed by atoms with Gasteiger partial charge in [-0.1, -0.05) is 29.4 Å². The van der Waals surface area contributed by atoms with Crippen molar-refractivity contribution in [3.63, 3.8) is 0 Å². The molecule has 2 heterocycles. The standard InChI is InChI=1S/C27H24N2O7/c1-16-22(17(2)36-29-16)14-34-24-12-19-6-4-3-5-18(19)11-21(24)27(31)35-15-26(30)28-20-7-8-23-25(13-20)33-10-9-32-23/h3-8,11-13H,9-10,14-15H2,1-2H3,(H,28,30). The normalized spacial score (nSPS) is 12.3. The van der Waals surface area contributed by atoms with Crippen LogP contribution in [0.2, 0.25) is 0 Å². The van der Waals surface area contributed by atoms with Crippen molar-refractivity contribution in [2.24, 2.45) is 0 Å². The predicted octanol–water partition coefficient (Wildman–Crippen LogP) is 4.59. The molecular weight excluding hydrogens is 464 g/mol. The van der Waals surface area contributed by atoms with Crippen molar-refractivity contribution in [1.29, 1.82) is 0 Å². The first kappa shape index (κ1) is 23.2. The van der Waals surface area contributed by atoms with E-state index >= 15 is 0 Å². The number of esters is 1. The summed E-state index contributed by atoms with van der Waals surface area (Å²) < 4.78 is 27.5. The number of nitrogens with one attached hydrogen (secondary N) is 1. The van der Waals surface area contributed by atoms with Gasteiger partial charge in [0.15, 0.2) is 18.1 Å². The van der Waals surface area contributed by atoms with E-state index in [1.54, 1.807) is 37.3 Å². The second-order valence-electron chi connectivity index (χ2n) is 8.27. The zero-order chi connectivity index (χ0) is 25.1. The van der Waals surface area contributed by atoms with Crippen molar-refractivity contribution in [1.82, 2.24) is 5.16 Å². The predicted molar refractivity (Wildman–Crippen MR) is 131 cm³/mol. The largest absolute Gasteiger partial charge is 0.488 e. The molecule has 0 fully saturated rings. The van der Waals surface area contributed by atoms with E-state index in [4.69, 9.17) is 23.5 Å². The topological polar surface area (TPSA) is 109 Å². The van der Waals surface area contributed by atoms with Crippen molar-refractivity contribution in [2.45, 2.75) is 20.5 Å². The van der Waals surface area contributed by atoms with E-state index in [2.05, 4.69) is 10.5 Å². The molecule has 0 saturated carbocycles. The Morgan fingerprint density at radius 3 is 2.47 bits per heavy atom. The number of aryl methyl sites for hydroxylation is 2. The summed E-state index contributed by atoms with van der Waals surface area (Å²) in [6.07, 6.45) is 0. The zero-order valence-electron chi connectivity index (χ0n) is 19.8. The number of aromatic nitrogens is 1. The van der Waals surface area contributed by atoms with Gasteiger partial charge in [0.2, 0.25) is 0 Å². The summed E-state index contributed by atoms with van der Waals surface area (Å²) in [7, 11) is 0. The Balaban J connectivity index is 1.29. The Hall–Kier alpha value is -4.53. The molecule has 184 valence electrons. The van der Waals surface area contributed by atoms with Gasteiger partial charge < -0.3 is 28.8 Å². The Morgan fingerprint density at radius 1 is 0.972 bits per heavy atom. The van der Waals surface area contributed by atoms with Crippen LogP contribution >= 0.6 is 0 Å². The van der Waals surface area contributed by atoms with Crippen LogP contribution in [-0.2, 0) is 16.1 Å². The van der Waals surface area contributed by atoms with Gasteiger partial charge in [0, 0.05) is 11.8 Å². The fourth-order valence-corrected chi connectivity index (χ4v) is 3.88. The minimum Gasteiger partial charge on any atom is -0.488 e. The summed E-state index contributed by atoms with van der Waals surface area (Å²) in [5, 5.41) is 8.38. The minimum atomic E-state index is -0.674. The summed E-state index contributed by atoms with van der Waals surface area (Å²) in [5.41, 5.74) is 2.25. The molecule has 1 aromatic heterocycles. The summed E-state index contributed by atoms with van der Waals surface area (Å²) in [6.45, 7) is 4.25. The first-order chi connectivity index (χ1) is 17.5. The first-order valence-corrected chi connectivity index (χ1v) is 11.4. The second kappa shape index (κ2) is 9.99. The van der Waals surface area contributed by atoms with Crippen molar-refractivity contribution < 1.29 is 33.1 Å². The van der Waals surface area contributed by atoms with Gasteiger partial charge >= 0.3 is 5.97 Å². The first-order valence-electron chi connectivity index (χ1n) is 11.4. The van der Waals surface area contributed by atoms with Crippen LogP contribution in [0.1, 0.15) is 27.4 Å². The van der Waals surface area contributed by atoms with E-state index in [0.717, 1.165) is 16.3 Å². The maximum Gasteiger partial charge on any atom is 0.342 e. The van der Waals surface area contributed by atoms with E-state index in [0.29, 0.717) is 47.6 Å². The van der Waals surface area contributed by atoms with Crippen LogP contribution in [0.3, 0.4) is 0 Å². The highest BCUT2D eigenvalue weighted by atomic mass is 16.6. The number of hydrogen-bond donors (Lipinski definition) is 1. The van der Waals surface area contributed by atoms with E-state index in [-0.39, 0.29) is 12.2 Å². The number of anilines is 1. The average Bonchev–Trinajstić information content (AvgIpc) is 3.22. The quantitative estimate of drug-likeness (QED) is 0.376. The molecule has 0 radical (unpaired) electrons. The lowest BCUT2D eigenvalue weighted by atomic mass is 10.1. The SMILES string of the molecule is Cc1noc(C)c1COc1cc2ccccc2cc1C(=O)OCC(=O)Nc1ccc2c(c1)OCCO2. The van der Waals surface area contributed by atoms with Gasteiger partial charge in [-0.05, 0) is 48.9 Å². The Bertz CT molecular complexity index is 1420. The molecule has 1 aliphatic heterocycles. The Kier molecular flexibility index (Phi) is 6.44. The van der Waals surface area contributed by atoms with Gasteiger partial charge in [0.05, 0.1) is 11.3 Å². The molecule has 0 atom stereocenters. The fourth-order valence-electron chi connectivity index (χ4n) is 3.88. The van der Waals surface area contributed by atoms with Crippen LogP contribution in [0.5, 0.6) is 17.2 Å². The van der Waals surface area contributed by atoms with Crippen molar-refractivity contribution in [3.05, 3.63) is 77.2 Å². The molecule has 4 aromatic rings. The number of fused-ring (bicyclic) bond motifs is 2. The van der Waals surface area contributed by atoms with Gasteiger partial charge in [0.25, 0.3) is 5.91 Å². The number of rotatable bonds is 7. The number of benzene rings is 3. The second-order valence-corrected chi connectivity index (χ2v) is 8.27. The molecular formula is C27H24N2O7. The van der Waals surface area contributed by atoms with Crippen LogP contribution in [0.4, 0.5) is 5.69 Å². The number of carbonyl (C=O) groups is 2. The van der Waals surface area contributed by atoms with Gasteiger partial charge in [-0.3, -0.25) is 4.79 Å². The van der Waals surface area contributed by atoms with Crippen molar-refractivity contribution in [2.75, 3.05) is 25.1 Å². The van der Waals surface area contributed by atoms with Crippen LogP contribution in [0, 0.1) is 13.8 Å². The van der Waals surface area contributed by atoms with Crippen LogP contribution in [-0.4, -0.2) is 36.9 Å². The van der Waals surface area contributed by atoms with E-state index < -0.39 is 18.5 Å². The summed E-state index contributed by atoms with van der Waals surface area (Å²) in [5.74, 6) is 0.989. The van der Waals surface area contributed by atoms with Gasteiger partial charge in [-0.25, -0.2) is 4.79 Å². The van der Waals surface area contributed by atoms with Gasteiger partial charge in [0.1, 0.15) is 36.9 Å². The lowest BCUT2D eigenvalue weighted by molar-refractivity contribution is -0.119. The smallest absolute Gasteiger partial charge is 0.342 e. The molecule has 1 N–H and O–H groups in total. The molecule has 5 rings (SSSR count). The summed E-state index contributed by atoms with van der Waals surface area (Å²) in [6, 6.07) is 16.1. The number of amides is 1. The third kappa shape index (κ3) is 4.95. The number of ether oxygens (including phenoxy) is 4. The third-order valence-electron chi connectivity index (χ3n) is 5.78. The molecule has 0 bridgehead atoms. The fraction of sp³-hybridized carbons (Fsp3) is 0.222. The van der Waals surface area contributed by atoms with E-state index in [9.17, 15) is 9.59 Å². The maximum absolute atomic E-state index is 13.0. The highest BCUT2D eigenvalue weighted by Gasteiger charge is 2.19. The Morgan fingerprint density at radius 2 is 1.72 bits per heavy atom. The molecule has 0 unspecified atom stereocenters. The highest BCUT2D eigenvalue weighted by molar-refractivity contribution is 6.00. The molecule has 9 heteroatoms. The molecule has 9 nitrogen and oxygen atoms in total. The van der Waals surface area contributed by atoms with Gasteiger partial charge in [-0.15, -0.1) is 0 Å². The highest BCUT2D eigenvalue weighted by Crippen LogP contribution is 2.32. The summed E-state index contributed by atoms with van der Waals surface area (Å²) >= 11 is 0. The molecule has 0 aliphatic carbocycles. The minimum absolute atomic E-state index is 0.171. The monoisotopic (exact) mass is 488 g/mol. The number of hydrogen-bond acceptors (Lipinski definition) is 8.